The van der Waals surface area contributed by atoms with Crippen molar-refractivity contribution in [3.63, 3.8) is 0 Å². The molecule has 0 fully saturated rings. The highest BCUT2D eigenvalue weighted by Gasteiger charge is 1.98. The summed E-state index contributed by atoms with van der Waals surface area (Å²) in [4.78, 5) is 2.63. The summed E-state index contributed by atoms with van der Waals surface area (Å²) >= 11 is 1.81. The van der Waals surface area contributed by atoms with Crippen molar-refractivity contribution in [3.8, 4) is 0 Å². The van der Waals surface area contributed by atoms with Gasteiger partial charge >= 0.3 is 0 Å². The predicted molar refractivity (Wildman–Crippen MR) is 61.7 cm³/mol. The molecule has 0 saturated heterocycles. The monoisotopic (exact) mass is 200 g/mol. The van der Waals surface area contributed by atoms with Crippen molar-refractivity contribution in [1.29, 1.82) is 0 Å². The summed E-state index contributed by atoms with van der Waals surface area (Å²) in [5.41, 5.74) is 1.33. The van der Waals surface area contributed by atoms with Gasteiger partial charge in [0.2, 0.25) is 0 Å². The topological polar surface area (TPSA) is 0 Å². The van der Waals surface area contributed by atoms with Crippen LogP contribution in [-0.4, -0.2) is 0 Å². The maximum absolute atomic E-state index is 2.16. The molecule has 0 bridgehead atoms. The van der Waals surface area contributed by atoms with E-state index in [4.69, 9.17) is 0 Å². The first-order chi connectivity index (χ1) is 6.86. The van der Waals surface area contributed by atoms with E-state index in [-0.39, 0.29) is 0 Å². The van der Waals surface area contributed by atoms with Crippen LogP contribution in [0.25, 0.3) is 0 Å². The summed E-state index contributed by atoms with van der Waals surface area (Å²) in [6.07, 6.45) is 0. The standard InChI is InChI=1S/C13H12S/c1-11-7-5-6-10-13(11)14-12-8-3-2-4-9-12/h2-10H,1H3. The SMILES string of the molecule is Cc1ccccc1Sc1ccccc1. The second-order valence-electron chi connectivity index (χ2n) is 3.18. The molecule has 0 radical (unpaired) electrons. The van der Waals surface area contributed by atoms with E-state index in [1.807, 2.05) is 17.8 Å². The van der Waals surface area contributed by atoms with Gasteiger partial charge in [-0.05, 0) is 30.7 Å². The fourth-order valence-electron chi connectivity index (χ4n) is 1.29. The highest BCUT2D eigenvalue weighted by atomic mass is 32.2. The molecule has 0 aromatic heterocycles. The molecule has 0 aliphatic carbocycles. The van der Waals surface area contributed by atoms with Gasteiger partial charge in [0, 0.05) is 9.79 Å². The smallest absolute Gasteiger partial charge is 0.0151 e. The van der Waals surface area contributed by atoms with Gasteiger partial charge in [0.15, 0.2) is 0 Å². The molecule has 14 heavy (non-hydrogen) atoms. The first-order valence-corrected chi connectivity index (χ1v) is 5.46. The molecule has 0 amide bonds. The molecule has 0 saturated carbocycles. The van der Waals surface area contributed by atoms with Crippen LogP contribution < -0.4 is 0 Å². The Morgan fingerprint density at radius 2 is 1.43 bits per heavy atom. The third-order valence-electron chi connectivity index (χ3n) is 2.06. The number of rotatable bonds is 2. The zero-order valence-corrected chi connectivity index (χ0v) is 8.92. The molecule has 0 nitrogen and oxygen atoms in total. The largest absolute Gasteiger partial charge is 0.0898 e. The Bertz CT molecular complexity index is 407. The van der Waals surface area contributed by atoms with Gasteiger partial charge in [0.05, 0.1) is 0 Å². The molecule has 0 N–H and O–H groups in total. The number of hydrogen-bond donors (Lipinski definition) is 0. The van der Waals surface area contributed by atoms with E-state index < -0.39 is 0 Å². The van der Waals surface area contributed by atoms with Crippen molar-refractivity contribution in [2.75, 3.05) is 0 Å². The van der Waals surface area contributed by atoms with E-state index in [0.717, 1.165) is 0 Å². The van der Waals surface area contributed by atoms with Crippen LogP contribution in [0.1, 0.15) is 5.56 Å². The molecular formula is C13H12S. The Morgan fingerprint density at radius 3 is 2.14 bits per heavy atom. The lowest BCUT2D eigenvalue weighted by Gasteiger charge is -2.04. The number of hydrogen-bond acceptors (Lipinski definition) is 1. The van der Waals surface area contributed by atoms with Gasteiger partial charge in [0.1, 0.15) is 0 Å². The fourth-order valence-corrected chi connectivity index (χ4v) is 2.21. The summed E-state index contributed by atoms with van der Waals surface area (Å²) < 4.78 is 0. The molecular weight excluding hydrogens is 188 g/mol. The maximum atomic E-state index is 2.16. The Labute approximate surface area is 89.0 Å². The maximum Gasteiger partial charge on any atom is 0.0151 e. The zero-order valence-electron chi connectivity index (χ0n) is 8.10. The normalized spacial score (nSPS) is 10.1. The molecule has 0 atom stereocenters. The Kier molecular flexibility index (Phi) is 2.90. The number of benzene rings is 2. The van der Waals surface area contributed by atoms with Crippen LogP contribution >= 0.6 is 11.8 Å². The van der Waals surface area contributed by atoms with Crippen LogP contribution in [0, 0.1) is 6.92 Å². The third kappa shape index (κ3) is 2.18. The first-order valence-electron chi connectivity index (χ1n) is 4.65. The molecule has 0 aliphatic heterocycles. The van der Waals surface area contributed by atoms with E-state index in [1.165, 1.54) is 15.4 Å². The molecule has 0 aliphatic rings. The summed E-state index contributed by atoms with van der Waals surface area (Å²) in [5.74, 6) is 0. The highest BCUT2D eigenvalue weighted by Crippen LogP contribution is 2.29. The number of aryl methyl sites for hydroxylation is 1. The van der Waals surface area contributed by atoms with Crippen LogP contribution in [0.2, 0.25) is 0 Å². The summed E-state index contributed by atoms with van der Waals surface area (Å²) in [6.45, 7) is 2.14. The van der Waals surface area contributed by atoms with Gasteiger partial charge in [0.25, 0.3) is 0 Å². The van der Waals surface area contributed by atoms with Crippen molar-refractivity contribution >= 4 is 11.8 Å². The first kappa shape index (κ1) is 9.35. The van der Waals surface area contributed by atoms with Crippen molar-refractivity contribution in [3.05, 3.63) is 60.2 Å². The van der Waals surface area contributed by atoms with Crippen LogP contribution in [-0.2, 0) is 0 Å². The van der Waals surface area contributed by atoms with Crippen molar-refractivity contribution in [2.24, 2.45) is 0 Å². The lowest BCUT2D eigenvalue weighted by Crippen LogP contribution is -1.77. The molecule has 0 unspecified atom stereocenters. The predicted octanol–water partition coefficient (Wildman–Crippen LogP) is 4.15. The van der Waals surface area contributed by atoms with Gasteiger partial charge in [-0.1, -0.05) is 48.2 Å². The minimum absolute atomic E-state index is 1.29. The van der Waals surface area contributed by atoms with E-state index >= 15 is 0 Å². The van der Waals surface area contributed by atoms with E-state index in [2.05, 4.69) is 55.5 Å². The van der Waals surface area contributed by atoms with Gasteiger partial charge in [-0.25, -0.2) is 0 Å². The Hall–Kier alpha value is -1.21. The van der Waals surface area contributed by atoms with Crippen LogP contribution in [0.4, 0.5) is 0 Å². The molecule has 0 heterocycles. The highest BCUT2D eigenvalue weighted by molar-refractivity contribution is 7.99. The molecule has 2 aromatic rings. The molecule has 70 valence electrons. The Balaban J connectivity index is 2.24. The second-order valence-corrected chi connectivity index (χ2v) is 4.30. The van der Waals surface area contributed by atoms with Crippen LogP contribution in [0.15, 0.2) is 64.4 Å². The van der Waals surface area contributed by atoms with Gasteiger partial charge in [-0.2, -0.15) is 0 Å². The van der Waals surface area contributed by atoms with E-state index in [9.17, 15) is 0 Å². The second kappa shape index (κ2) is 4.34. The van der Waals surface area contributed by atoms with Gasteiger partial charge in [-0.15, -0.1) is 0 Å². The van der Waals surface area contributed by atoms with E-state index in [1.54, 1.807) is 0 Å². The van der Waals surface area contributed by atoms with Crippen molar-refractivity contribution in [2.45, 2.75) is 16.7 Å². The van der Waals surface area contributed by atoms with Gasteiger partial charge < -0.3 is 0 Å². The zero-order chi connectivity index (χ0) is 9.80. The quantitative estimate of drug-likeness (QED) is 0.702. The van der Waals surface area contributed by atoms with Crippen molar-refractivity contribution in [1.82, 2.24) is 0 Å². The average molecular weight is 200 g/mol. The van der Waals surface area contributed by atoms with Gasteiger partial charge in [-0.3, -0.25) is 0 Å². The fraction of sp³-hybridized carbons (Fsp3) is 0.0769. The van der Waals surface area contributed by atoms with Crippen LogP contribution in [0.5, 0.6) is 0 Å². The minimum atomic E-state index is 1.29. The lowest BCUT2D eigenvalue weighted by atomic mass is 10.2. The minimum Gasteiger partial charge on any atom is -0.0898 e. The Morgan fingerprint density at radius 1 is 0.786 bits per heavy atom. The third-order valence-corrected chi connectivity index (χ3v) is 3.25. The summed E-state index contributed by atoms with van der Waals surface area (Å²) in [5, 5.41) is 0. The lowest BCUT2D eigenvalue weighted by molar-refractivity contribution is 1.29. The van der Waals surface area contributed by atoms with Crippen molar-refractivity contribution < 1.29 is 0 Å². The summed E-state index contributed by atoms with van der Waals surface area (Å²) in [6, 6.07) is 18.9. The molecule has 1 heteroatoms. The molecule has 0 spiro atoms. The molecule has 2 aromatic carbocycles. The van der Waals surface area contributed by atoms with Crippen LogP contribution in [0.3, 0.4) is 0 Å². The molecule has 2 rings (SSSR count). The average Bonchev–Trinajstić information content (AvgIpc) is 2.23. The summed E-state index contributed by atoms with van der Waals surface area (Å²) in [7, 11) is 0. The van der Waals surface area contributed by atoms with E-state index in [0.29, 0.717) is 0 Å².